The number of thiol groups is 1. The number of nitrogens with one attached hydrogen (secondary N) is 2. The first-order chi connectivity index (χ1) is 6.49. The summed E-state index contributed by atoms with van der Waals surface area (Å²) in [5, 5.41) is 6.46. The lowest BCUT2D eigenvalue weighted by atomic mass is 10.4. The molecule has 0 bridgehead atoms. The summed E-state index contributed by atoms with van der Waals surface area (Å²) in [6.45, 7) is 3.64. The maximum Gasteiger partial charge on any atom is 0.244 e. The van der Waals surface area contributed by atoms with E-state index in [1.807, 2.05) is 0 Å². The lowest BCUT2D eigenvalue weighted by Crippen LogP contribution is -2.26. The van der Waals surface area contributed by atoms with Gasteiger partial charge in [0, 0.05) is 12.3 Å². The number of aromatic amines is 1. The molecule has 2 N–H and O–H groups in total. The van der Waals surface area contributed by atoms with Crippen molar-refractivity contribution >= 4 is 22.7 Å². The van der Waals surface area contributed by atoms with Crippen LogP contribution in [0.5, 0.6) is 0 Å². The molecule has 0 radical (unpaired) electrons. The SMILES string of the molecule is Cc1n[nH]c(C)c1S(=O)(=O)NCCS. The predicted molar refractivity (Wildman–Crippen MR) is 57.1 cm³/mol. The molecule has 0 amide bonds. The fourth-order valence-corrected chi connectivity index (χ4v) is 2.85. The zero-order valence-electron chi connectivity index (χ0n) is 8.03. The zero-order chi connectivity index (χ0) is 10.8. The molecule has 0 aliphatic rings. The van der Waals surface area contributed by atoms with Gasteiger partial charge in [0.25, 0.3) is 0 Å². The molecule has 1 rings (SSSR count). The first-order valence-electron chi connectivity index (χ1n) is 4.11. The molecule has 1 aromatic heterocycles. The van der Waals surface area contributed by atoms with Gasteiger partial charge in [0.05, 0.1) is 11.4 Å². The van der Waals surface area contributed by atoms with E-state index in [0.29, 0.717) is 23.7 Å². The molecule has 0 aliphatic carbocycles. The van der Waals surface area contributed by atoms with E-state index >= 15 is 0 Å². The summed E-state index contributed by atoms with van der Waals surface area (Å²) in [6, 6.07) is 0. The molecule has 0 unspecified atom stereocenters. The minimum atomic E-state index is -3.43. The van der Waals surface area contributed by atoms with Crippen LogP contribution in [0.2, 0.25) is 0 Å². The van der Waals surface area contributed by atoms with Crippen LogP contribution in [0.3, 0.4) is 0 Å². The van der Waals surface area contributed by atoms with Crippen LogP contribution in [0.25, 0.3) is 0 Å². The van der Waals surface area contributed by atoms with Gasteiger partial charge in [0.1, 0.15) is 4.90 Å². The summed E-state index contributed by atoms with van der Waals surface area (Å²) in [6.07, 6.45) is 0. The highest BCUT2D eigenvalue weighted by Gasteiger charge is 2.21. The molecule has 0 atom stereocenters. The molecular weight excluding hydrogens is 222 g/mol. The number of rotatable bonds is 4. The fourth-order valence-electron chi connectivity index (χ4n) is 1.19. The summed E-state index contributed by atoms with van der Waals surface area (Å²) in [5.74, 6) is 0.467. The van der Waals surface area contributed by atoms with E-state index in [1.54, 1.807) is 13.8 Å². The molecule has 7 heteroatoms. The Bertz CT molecular complexity index is 391. The number of hydrogen-bond acceptors (Lipinski definition) is 4. The van der Waals surface area contributed by atoms with E-state index < -0.39 is 10.0 Å². The summed E-state index contributed by atoms with van der Waals surface area (Å²) >= 11 is 3.93. The topological polar surface area (TPSA) is 74.8 Å². The minimum Gasteiger partial charge on any atom is -0.281 e. The second-order valence-corrected chi connectivity index (χ2v) is 5.04. The highest BCUT2D eigenvalue weighted by atomic mass is 32.2. The lowest BCUT2D eigenvalue weighted by Gasteiger charge is -2.04. The molecule has 0 aliphatic heterocycles. The van der Waals surface area contributed by atoms with E-state index in [9.17, 15) is 8.42 Å². The summed E-state index contributed by atoms with van der Waals surface area (Å²) < 4.78 is 25.8. The van der Waals surface area contributed by atoms with Crippen molar-refractivity contribution < 1.29 is 8.42 Å². The quantitative estimate of drug-likeness (QED) is 0.654. The van der Waals surface area contributed by atoms with E-state index in [1.165, 1.54) is 0 Å². The number of sulfonamides is 1. The number of aryl methyl sites for hydroxylation is 2. The van der Waals surface area contributed by atoms with Gasteiger partial charge in [-0.1, -0.05) is 0 Å². The maximum absolute atomic E-state index is 11.7. The van der Waals surface area contributed by atoms with Crippen molar-refractivity contribution in [3.05, 3.63) is 11.4 Å². The fraction of sp³-hybridized carbons (Fsp3) is 0.571. The van der Waals surface area contributed by atoms with Gasteiger partial charge >= 0.3 is 0 Å². The summed E-state index contributed by atoms with van der Waals surface area (Å²) in [4.78, 5) is 0.235. The number of aromatic nitrogens is 2. The monoisotopic (exact) mass is 235 g/mol. The number of H-pyrrole nitrogens is 1. The average Bonchev–Trinajstić information content (AvgIpc) is 2.43. The molecule has 1 aromatic rings. The van der Waals surface area contributed by atoms with Crippen molar-refractivity contribution in [2.24, 2.45) is 0 Å². The van der Waals surface area contributed by atoms with Crippen molar-refractivity contribution in [2.45, 2.75) is 18.7 Å². The Balaban J connectivity index is 3.04. The standard InChI is InChI=1S/C7H13N3O2S2/c1-5-7(6(2)10-9-5)14(11,12)8-3-4-13/h8,13H,3-4H2,1-2H3,(H,9,10). The highest BCUT2D eigenvalue weighted by Crippen LogP contribution is 2.15. The van der Waals surface area contributed by atoms with Gasteiger partial charge in [-0.3, -0.25) is 5.10 Å². The lowest BCUT2D eigenvalue weighted by molar-refractivity contribution is 0.583. The summed E-state index contributed by atoms with van der Waals surface area (Å²) in [5.41, 5.74) is 1.03. The van der Waals surface area contributed by atoms with Crippen LogP contribution in [-0.4, -0.2) is 30.9 Å². The van der Waals surface area contributed by atoms with Crippen molar-refractivity contribution in [3.8, 4) is 0 Å². The Morgan fingerprint density at radius 1 is 1.50 bits per heavy atom. The first-order valence-corrected chi connectivity index (χ1v) is 6.22. The molecule has 80 valence electrons. The van der Waals surface area contributed by atoms with Gasteiger partial charge in [-0.25, -0.2) is 13.1 Å². The minimum absolute atomic E-state index is 0.235. The Morgan fingerprint density at radius 3 is 2.57 bits per heavy atom. The first kappa shape index (κ1) is 11.5. The zero-order valence-corrected chi connectivity index (χ0v) is 9.74. The second-order valence-electron chi connectivity index (χ2n) is 2.88. The number of nitrogens with zero attached hydrogens (tertiary/aromatic N) is 1. The smallest absolute Gasteiger partial charge is 0.244 e. The third kappa shape index (κ3) is 2.28. The van der Waals surface area contributed by atoms with Gasteiger partial charge in [-0.2, -0.15) is 17.7 Å². The van der Waals surface area contributed by atoms with Gasteiger partial charge in [-0.15, -0.1) is 0 Å². The highest BCUT2D eigenvalue weighted by molar-refractivity contribution is 7.89. The Labute approximate surface area is 88.8 Å². The van der Waals surface area contributed by atoms with Crippen molar-refractivity contribution in [2.75, 3.05) is 12.3 Å². The Kier molecular flexibility index (Phi) is 3.57. The second kappa shape index (κ2) is 4.33. The van der Waals surface area contributed by atoms with Crippen LogP contribution in [0.4, 0.5) is 0 Å². The molecule has 14 heavy (non-hydrogen) atoms. The van der Waals surface area contributed by atoms with Crippen LogP contribution in [0.15, 0.2) is 4.90 Å². The molecule has 0 saturated heterocycles. The van der Waals surface area contributed by atoms with Crippen LogP contribution in [0, 0.1) is 13.8 Å². The maximum atomic E-state index is 11.7. The van der Waals surface area contributed by atoms with Crippen LogP contribution >= 0.6 is 12.6 Å². The van der Waals surface area contributed by atoms with Crippen molar-refractivity contribution in [1.82, 2.24) is 14.9 Å². The predicted octanol–water partition coefficient (Wildman–Crippen LogP) is 0.235. The van der Waals surface area contributed by atoms with E-state index in [-0.39, 0.29) is 4.90 Å². The molecule has 0 aromatic carbocycles. The number of hydrogen-bond donors (Lipinski definition) is 3. The van der Waals surface area contributed by atoms with Gasteiger partial charge in [0.15, 0.2) is 0 Å². The van der Waals surface area contributed by atoms with Gasteiger partial charge < -0.3 is 0 Å². The largest absolute Gasteiger partial charge is 0.281 e. The Morgan fingerprint density at radius 2 is 2.14 bits per heavy atom. The van der Waals surface area contributed by atoms with Crippen LogP contribution in [-0.2, 0) is 10.0 Å². The third-order valence-electron chi connectivity index (χ3n) is 1.73. The Hall–Kier alpha value is -0.530. The van der Waals surface area contributed by atoms with E-state index in [2.05, 4.69) is 27.5 Å². The molecule has 0 saturated carbocycles. The van der Waals surface area contributed by atoms with E-state index in [4.69, 9.17) is 0 Å². The molecule has 0 fully saturated rings. The van der Waals surface area contributed by atoms with Crippen molar-refractivity contribution in [1.29, 1.82) is 0 Å². The van der Waals surface area contributed by atoms with E-state index in [0.717, 1.165) is 0 Å². The van der Waals surface area contributed by atoms with Crippen LogP contribution < -0.4 is 4.72 Å². The molecule has 5 nitrogen and oxygen atoms in total. The van der Waals surface area contributed by atoms with Crippen molar-refractivity contribution in [3.63, 3.8) is 0 Å². The van der Waals surface area contributed by atoms with Crippen LogP contribution in [0.1, 0.15) is 11.4 Å². The third-order valence-corrected chi connectivity index (χ3v) is 3.68. The van der Waals surface area contributed by atoms with Gasteiger partial charge in [-0.05, 0) is 13.8 Å². The summed E-state index contributed by atoms with van der Waals surface area (Å²) in [7, 11) is -3.43. The molecule has 1 heterocycles. The molecule has 0 spiro atoms. The normalized spacial score (nSPS) is 11.9. The van der Waals surface area contributed by atoms with Gasteiger partial charge in [0.2, 0.25) is 10.0 Å². The average molecular weight is 235 g/mol. The molecular formula is C7H13N3O2S2.